The number of amides is 3. The van der Waals surface area contributed by atoms with E-state index in [1.807, 2.05) is 53.4 Å². The molecule has 0 spiro atoms. The molecule has 0 atom stereocenters. The fourth-order valence-electron chi connectivity index (χ4n) is 5.24. The molecule has 0 saturated carbocycles. The summed E-state index contributed by atoms with van der Waals surface area (Å²) >= 11 is 0. The number of anilines is 1. The number of carbonyl (C=O) groups is 3. The summed E-state index contributed by atoms with van der Waals surface area (Å²) in [6, 6.07) is 24.0. The van der Waals surface area contributed by atoms with E-state index in [-0.39, 0.29) is 13.2 Å². The van der Waals surface area contributed by atoms with Gasteiger partial charge in [0.2, 0.25) is 0 Å². The Hall–Kier alpha value is -6.43. The van der Waals surface area contributed by atoms with Gasteiger partial charge in [0, 0.05) is 41.3 Å². The fourth-order valence-corrected chi connectivity index (χ4v) is 5.24. The highest BCUT2D eigenvalue weighted by molar-refractivity contribution is 6.07. The van der Waals surface area contributed by atoms with E-state index in [1.54, 1.807) is 62.4 Å². The summed E-state index contributed by atoms with van der Waals surface area (Å²) < 4.78 is 7.84. The van der Waals surface area contributed by atoms with E-state index in [2.05, 4.69) is 21.0 Å². The Kier molecular flexibility index (Phi) is 8.39. The summed E-state index contributed by atoms with van der Waals surface area (Å²) in [4.78, 5) is 65.8. The van der Waals surface area contributed by atoms with Crippen LogP contribution in [0.25, 0.3) is 27.5 Å². The summed E-state index contributed by atoms with van der Waals surface area (Å²) in [6.45, 7) is 4.03. The zero-order chi connectivity index (χ0) is 33.1. The number of hydrogen-bond donors (Lipinski definition) is 4. The lowest BCUT2D eigenvalue weighted by molar-refractivity contribution is 0.0526. The molecule has 6 rings (SSSR count). The standard InChI is InChI=1S/C35H30N6O6/c1-3-47-34(45)24-8-12-25(13-9-24)37-35(46)36-19-22-16-17-40(20-22)26-14-10-23-11-15-29-30(28(23)18-26)41(33(44)32(43)38-29)39-31(42)27-7-5-4-6-21(27)2/h4-18,20H,3,19H2,1-2H3,(H,38,43)(H,39,42)(H2,36,37,46). The first-order valence-corrected chi connectivity index (χ1v) is 14.8. The molecule has 0 aliphatic heterocycles. The second-order valence-electron chi connectivity index (χ2n) is 10.8. The number of aryl methyl sites for hydroxylation is 1. The third-order valence-electron chi connectivity index (χ3n) is 7.61. The molecular formula is C35H30N6O6. The van der Waals surface area contributed by atoms with Crippen molar-refractivity contribution >= 4 is 45.4 Å². The maximum atomic E-state index is 13.2. The number of aromatic amines is 1. The minimum Gasteiger partial charge on any atom is -0.462 e. The molecule has 2 heterocycles. The van der Waals surface area contributed by atoms with Crippen LogP contribution in [0.3, 0.4) is 0 Å². The summed E-state index contributed by atoms with van der Waals surface area (Å²) in [6.07, 6.45) is 3.69. The fraction of sp³-hybridized carbons (Fsp3) is 0.114. The SMILES string of the molecule is CCOC(=O)c1ccc(NC(=O)NCc2ccn(-c3ccc4ccc5[nH]c(=O)c(=O)n(NC(=O)c6ccccc6C)c5c4c3)c2)cc1. The number of rotatable bonds is 8. The average molecular weight is 631 g/mol. The predicted molar refractivity (Wildman–Crippen MR) is 179 cm³/mol. The van der Waals surface area contributed by atoms with Crippen molar-refractivity contribution in [2.45, 2.75) is 20.4 Å². The van der Waals surface area contributed by atoms with Crippen LogP contribution in [0.15, 0.2) is 107 Å². The zero-order valence-electron chi connectivity index (χ0n) is 25.5. The molecular weight excluding hydrogens is 600 g/mol. The highest BCUT2D eigenvalue weighted by atomic mass is 16.5. The van der Waals surface area contributed by atoms with Crippen LogP contribution in [0, 0.1) is 6.92 Å². The summed E-state index contributed by atoms with van der Waals surface area (Å²) in [5.41, 5.74) is 5.16. The minimum atomic E-state index is -0.917. The molecule has 0 unspecified atom stereocenters. The van der Waals surface area contributed by atoms with Gasteiger partial charge < -0.3 is 24.9 Å². The number of carbonyl (C=O) groups excluding carboxylic acids is 3. The Morgan fingerprint density at radius 1 is 0.915 bits per heavy atom. The van der Waals surface area contributed by atoms with Gasteiger partial charge in [-0.1, -0.05) is 30.3 Å². The minimum absolute atomic E-state index is 0.238. The van der Waals surface area contributed by atoms with Gasteiger partial charge in [0.15, 0.2) is 0 Å². The van der Waals surface area contributed by atoms with E-state index in [0.29, 0.717) is 33.2 Å². The van der Waals surface area contributed by atoms with Crippen LogP contribution in [0.1, 0.15) is 38.8 Å². The van der Waals surface area contributed by atoms with Crippen LogP contribution >= 0.6 is 0 Å². The maximum absolute atomic E-state index is 13.2. The van der Waals surface area contributed by atoms with Crippen molar-refractivity contribution in [3.05, 3.63) is 140 Å². The van der Waals surface area contributed by atoms with E-state index in [9.17, 15) is 24.0 Å². The topological polar surface area (TPSA) is 156 Å². The number of nitrogens with one attached hydrogen (secondary N) is 4. The first kappa shape index (κ1) is 30.6. The van der Waals surface area contributed by atoms with Crippen molar-refractivity contribution in [3.63, 3.8) is 0 Å². The molecule has 2 aromatic heterocycles. The second kappa shape index (κ2) is 12.9. The number of fused-ring (bicyclic) bond motifs is 3. The van der Waals surface area contributed by atoms with E-state index >= 15 is 0 Å². The van der Waals surface area contributed by atoms with Gasteiger partial charge in [-0.2, -0.15) is 0 Å². The van der Waals surface area contributed by atoms with Gasteiger partial charge in [-0.3, -0.25) is 19.8 Å². The van der Waals surface area contributed by atoms with Gasteiger partial charge in [0.05, 0.1) is 23.2 Å². The highest BCUT2D eigenvalue weighted by Gasteiger charge is 2.16. The molecule has 0 aliphatic carbocycles. The Balaban J connectivity index is 1.23. The molecule has 0 radical (unpaired) electrons. The van der Waals surface area contributed by atoms with Gasteiger partial charge >= 0.3 is 23.1 Å². The molecule has 3 amide bonds. The van der Waals surface area contributed by atoms with Crippen LogP contribution < -0.4 is 27.2 Å². The lowest BCUT2D eigenvalue weighted by Crippen LogP contribution is -2.42. The van der Waals surface area contributed by atoms with Crippen LogP contribution in [0.4, 0.5) is 10.5 Å². The Morgan fingerprint density at radius 2 is 1.68 bits per heavy atom. The Bertz CT molecular complexity index is 2280. The summed E-state index contributed by atoms with van der Waals surface area (Å²) in [7, 11) is 0. The lowest BCUT2D eigenvalue weighted by atomic mass is 10.1. The van der Waals surface area contributed by atoms with Gasteiger partial charge in [-0.15, -0.1) is 0 Å². The summed E-state index contributed by atoms with van der Waals surface area (Å²) in [5.74, 6) is -0.952. The normalized spacial score (nSPS) is 10.9. The molecule has 6 aromatic rings. The number of H-pyrrole nitrogens is 1. The molecule has 12 heteroatoms. The number of ether oxygens (including phenoxy) is 1. The van der Waals surface area contributed by atoms with Crippen LogP contribution in [-0.2, 0) is 11.3 Å². The molecule has 0 fully saturated rings. The second-order valence-corrected chi connectivity index (χ2v) is 10.8. The van der Waals surface area contributed by atoms with Gasteiger partial charge in [-0.05, 0) is 85.0 Å². The number of urea groups is 1. The molecule has 4 aromatic carbocycles. The van der Waals surface area contributed by atoms with Gasteiger partial charge in [0.1, 0.15) is 0 Å². The maximum Gasteiger partial charge on any atom is 0.338 e. The Labute approximate surface area is 267 Å². The zero-order valence-corrected chi connectivity index (χ0v) is 25.5. The van der Waals surface area contributed by atoms with Crippen molar-refractivity contribution in [3.8, 4) is 5.69 Å². The van der Waals surface area contributed by atoms with Gasteiger partial charge in [0.25, 0.3) is 5.91 Å². The van der Waals surface area contributed by atoms with E-state index < -0.39 is 29.0 Å². The van der Waals surface area contributed by atoms with E-state index in [4.69, 9.17) is 4.74 Å². The first-order chi connectivity index (χ1) is 22.7. The molecule has 236 valence electrons. The lowest BCUT2D eigenvalue weighted by Gasteiger charge is -2.15. The molecule has 12 nitrogen and oxygen atoms in total. The third-order valence-corrected chi connectivity index (χ3v) is 7.61. The quantitative estimate of drug-likeness (QED) is 0.107. The third kappa shape index (κ3) is 6.38. The van der Waals surface area contributed by atoms with E-state index in [1.165, 1.54) is 0 Å². The average Bonchev–Trinajstić information content (AvgIpc) is 3.55. The largest absolute Gasteiger partial charge is 0.462 e. The monoisotopic (exact) mass is 630 g/mol. The number of esters is 1. The highest BCUT2D eigenvalue weighted by Crippen LogP contribution is 2.26. The molecule has 47 heavy (non-hydrogen) atoms. The van der Waals surface area contributed by atoms with Crippen molar-refractivity contribution < 1.29 is 19.1 Å². The van der Waals surface area contributed by atoms with Crippen LogP contribution in [0.5, 0.6) is 0 Å². The Morgan fingerprint density at radius 3 is 2.45 bits per heavy atom. The molecule has 0 bridgehead atoms. The predicted octanol–water partition coefficient (Wildman–Crippen LogP) is 4.82. The summed E-state index contributed by atoms with van der Waals surface area (Å²) in [5, 5.41) is 6.96. The molecule has 0 saturated heterocycles. The number of benzene rings is 4. The van der Waals surface area contributed by atoms with Crippen LogP contribution in [0.2, 0.25) is 0 Å². The van der Waals surface area contributed by atoms with Crippen molar-refractivity contribution in [1.29, 1.82) is 0 Å². The van der Waals surface area contributed by atoms with Crippen LogP contribution in [-0.4, -0.2) is 38.7 Å². The smallest absolute Gasteiger partial charge is 0.338 e. The number of aromatic nitrogens is 3. The number of nitrogens with zero attached hydrogens (tertiary/aromatic N) is 2. The van der Waals surface area contributed by atoms with Crippen molar-refractivity contribution in [2.75, 3.05) is 17.3 Å². The van der Waals surface area contributed by atoms with E-state index in [0.717, 1.165) is 26.9 Å². The first-order valence-electron chi connectivity index (χ1n) is 14.8. The molecule has 4 N–H and O–H groups in total. The molecule has 0 aliphatic rings. The van der Waals surface area contributed by atoms with Crippen molar-refractivity contribution in [2.24, 2.45) is 0 Å². The number of hydrogen-bond acceptors (Lipinski definition) is 6. The van der Waals surface area contributed by atoms with Crippen molar-refractivity contribution in [1.82, 2.24) is 19.5 Å². The van der Waals surface area contributed by atoms with Gasteiger partial charge in [-0.25, -0.2) is 14.3 Å².